The van der Waals surface area contributed by atoms with Gasteiger partial charge < -0.3 is 10.4 Å². The number of rotatable bonds is 3. The normalized spacial score (nSPS) is 23.3. The van der Waals surface area contributed by atoms with Gasteiger partial charge >= 0.3 is 5.97 Å². The Hall–Kier alpha value is -1.51. The van der Waals surface area contributed by atoms with Crippen LogP contribution in [0.3, 0.4) is 0 Å². The molecule has 1 heterocycles. The van der Waals surface area contributed by atoms with Crippen molar-refractivity contribution in [2.45, 2.75) is 25.7 Å². The molecule has 2 atom stereocenters. The van der Waals surface area contributed by atoms with E-state index in [0.717, 1.165) is 30.6 Å². The molecule has 16 heavy (non-hydrogen) atoms. The molecule has 1 aromatic carbocycles. The Morgan fingerprint density at radius 2 is 2.25 bits per heavy atom. The van der Waals surface area contributed by atoms with E-state index >= 15 is 0 Å². The van der Waals surface area contributed by atoms with Gasteiger partial charge in [-0.05, 0) is 24.0 Å². The third-order valence-electron chi connectivity index (χ3n) is 3.25. The molecule has 0 amide bonds. The lowest BCUT2D eigenvalue weighted by Crippen LogP contribution is -2.32. The molecular formula is C13H17NO2. The summed E-state index contributed by atoms with van der Waals surface area (Å²) in [5, 5.41) is 12.7. The quantitative estimate of drug-likeness (QED) is 0.821. The SMILES string of the molecule is CCCC1CNc2ccccc2C1C(=O)O. The highest BCUT2D eigenvalue weighted by Crippen LogP contribution is 2.37. The zero-order chi connectivity index (χ0) is 11.5. The first-order valence-electron chi connectivity index (χ1n) is 5.79. The molecule has 1 aromatic rings. The average molecular weight is 219 g/mol. The van der Waals surface area contributed by atoms with Gasteiger partial charge in [-0.15, -0.1) is 0 Å². The average Bonchev–Trinajstić information content (AvgIpc) is 2.28. The van der Waals surface area contributed by atoms with Crippen LogP contribution in [-0.2, 0) is 4.79 Å². The first kappa shape index (κ1) is 11.0. The smallest absolute Gasteiger partial charge is 0.311 e. The van der Waals surface area contributed by atoms with Crippen molar-refractivity contribution in [1.82, 2.24) is 0 Å². The molecule has 2 N–H and O–H groups in total. The number of aliphatic carboxylic acids is 1. The molecule has 0 saturated carbocycles. The predicted octanol–water partition coefficient (Wildman–Crippen LogP) is 2.70. The zero-order valence-electron chi connectivity index (χ0n) is 9.44. The summed E-state index contributed by atoms with van der Waals surface area (Å²) < 4.78 is 0. The molecule has 0 saturated heterocycles. The molecule has 0 bridgehead atoms. The fraction of sp³-hybridized carbons (Fsp3) is 0.462. The van der Waals surface area contributed by atoms with E-state index in [1.807, 2.05) is 24.3 Å². The van der Waals surface area contributed by atoms with Crippen molar-refractivity contribution in [2.24, 2.45) is 5.92 Å². The van der Waals surface area contributed by atoms with E-state index in [-0.39, 0.29) is 11.8 Å². The Bertz CT molecular complexity index is 389. The standard InChI is InChI=1S/C13H17NO2/c1-2-5-9-8-14-11-7-4-3-6-10(11)12(9)13(15)16/h3-4,6-7,9,12,14H,2,5,8H2,1H3,(H,15,16). The highest BCUT2D eigenvalue weighted by molar-refractivity contribution is 5.80. The number of para-hydroxylation sites is 1. The minimum Gasteiger partial charge on any atom is -0.481 e. The number of carboxylic acid groups (broad SMARTS) is 1. The maximum absolute atomic E-state index is 11.4. The van der Waals surface area contributed by atoms with Gasteiger partial charge in [0.1, 0.15) is 0 Å². The summed E-state index contributed by atoms with van der Waals surface area (Å²) >= 11 is 0. The predicted molar refractivity (Wildman–Crippen MR) is 63.7 cm³/mol. The second kappa shape index (κ2) is 4.56. The number of anilines is 1. The first-order valence-corrected chi connectivity index (χ1v) is 5.79. The van der Waals surface area contributed by atoms with E-state index in [1.54, 1.807) is 0 Å². The minimum atomic E-state index is -0.701. The third kappa shape index (κ3) is 1.90. The summed E-state index contributed by atoms with van der Waals surface area (Å²) in [7, 11) is 0. The minimum absolute atomic E-state index is 0.206. The van der Waals surface area contributed by atoms with Crippen molar-refractivity contribution in [2.75, 3.05) is 11.9 Å². The summed E-state index contributed by atoms with van der Waals surface area (Å²) in [5.74, 6) is -0.845. The Labute approximate surface area is 95.5 Å². The van der Waals surface area contributed by atoms with Crippen LogP contribution in [0.1, 0.15) is 31.2 Å². The molecular weight excluding hydrogens is 202 g/mol. The van der Waals surface area contributed by atoms with Crippen LogP contribution in [0.2, 0.25) is 0 Å². The number of carbonyl (C=O) groups is 1. The van der Waals surface area contributed by atoms with Crippen molar-refractivity contribution in [3.05, 3.63) is 29.8 Å². The number of benzene rings is 1. The lowest BCUT2D eigenvalue weighted by molar-refractivity contribution is -0.140. The molecule has 0 fully saturated rings. The monoisotopic (exact) mass is 219 g/mol. The number of hydrogen-bond acceptors (Lipinski definition) is 2. The molecule has 3 heteroatoms. The van der Waals surface area contributed by atoms with E-state index in [2.05, 4.69) is 12.2 Å². The molecule has 0 aromatic heterocycles. The van der Waals surface area contributed by atoms with Crippen molar-refractivity contribution in [3.63, 3.8) is 0 Å². The lowest BCUT2D eigenvalue weighted by atomic mass is 9.80. The van der Waals surface area contributed by atoms with Gasteiger partial charge in [-0.3, -0.25) is 4.79 Å². The summed E-state index contributed by atoms with van der Waals surface area (Å²) in [6, 6.07) is 7.71. The maximum atomic E-state index is 11.4. The fourth-order valence-electron chi connectivity index (χ4n) is 2.52. The summed E-state index contributed by atoms with van der Waals surface area (Å²) in [6.45, 7) is 2.86. The highest BCUT2D eigenvalue weighted by atomic mass is 16.4. The van der Waals surface area contributed by atoms with Gasteiger partial charge in [-0.1, -0.05) is 31.5 Å². The Morgan fingerprint density at radius 3 is 2.94 bits per heavy atom. The van der Waals surface area contributed by atoms with E-state index < -0.39 is 5.97 Å². The van der Waals surface area contributed by atoms with Gasteiger partial charge in [0.15, 0.2) is 0 Å². The molecule has 0 spiro atoms. The number of fused-ring (bicyclic) bond motifs is 1. The first-order chi connectivity index (χ1) is 7.74. The van der Waals surface area contributed by atoms with Crippen molar-refractivity contribution in [3.8, 4) is 0 Å². The van der Waals surface area contributed by atoms with Crippen LogP contribution in [0.15, 0.2) is 24.3 Å². The number of nitrogens with one attached hydrogen (secondary N) is 1. The van der Waals surface area contributed by atoms with E-state index in [9.17, 15) is 9.90 Å². The van der Waals surface area contributed by atoms with Gasteiger partial charge in [0.2, 0.25) is 0 Å². The van der Waals surface area contributed by atoms with Gasteiger partial charge in [-0.2, -0.15) is 0 Å². The fourth-order valence-corrected chi connectivity index (χ4v) is 2.52. The molecule has 86 valence electrons. The Balaban J connectivity index is 2.35. The summed E-state index contributed by atoms with van der Waals surface area (Å²) in [5.41, 5.74) is 1.90. The molecule has 2 unspecified atom stereocenters. The molecule has 0 radical (unpaired) electrons. The number of carboxylic acids is 1. The largest absolute Gasteiger partial charge is 0.481 e. The van der Waals surface area contributed by atoms with Gasteiger partial charge in [-0.25, -0.2) is 0 Å². The van der Waals surface area contributed by atoms with Crippen LogP contribution in [0.5, 0.6) is 0 Å². The van der Waals surface area contributed by atoms with Crippen LogP contribution in [0, 0.1) is 5.92 Å². The highest BCUT2D eigenvalue weighted by Gasteiger charge is 2.33. The van der Waals surface area contributed by atoms with Gasteiger partial charge in [0.25, 0.3) is 0 Å². The summed E-state index contributed by atoms with van der Waals surface area (Å²) in [4.78, 5) is 11.4. The van der Waals surface area contributed by atoms with Crippen LogP contribution in [0.25, 0.3) is 0 Å². The van der Waals surface area contributed by atoms with E-state index in [0.29, 0.717) is 0 Å². The van der Waals surface area contributed by atoms with Gasteiger partial charge in [0, 0.05) is 12.2 Å². The molecule has 1 aliphatic heterocycles. The number of hydrogen-bond donors (Lipinski definition) is 2. The van der Waals surface area contributed by atoms with Crippen LogP contribution in [-0.4, -0.2) is 17.6 Å². The molecule has 1 aliphatic rings. The molecule has 2 rings (SSSR count). The lowest BCUT2D eigenvalue weighted by Gasteiger charge is -2.31. The van der Waals surface area contributed by atoms with Gasteiger partial charge in [0.05, 0.1) is 5.92 Å². The van der Waals surface area contributed by atoms with Crippen molar-refractivity contribution >= 4 is 11.7 Å². The van der Waals surface area contributed by atoms with E-state index in [1.165, 1.54) is 0 Å². The van der Waals surface area contributed by atoms with Crippen LogP contribution >= 0.6 is 0 Å². The molecule has 3 nitrogen and oxygen atoms in total. The van der Waals surface area contributed by atoms with Crippen molar-refractivity contribution < 1.29 is 9.90 Å². The topological polar surface area (TPSA) is 49.3 Å². The van der Waals surface area contributed by atoms with Crippen molar-refractivity contribution in [1.29, 1.82) is 0 Å². The van der Waals surface area contributed by atoms with Crippen LogP contribution < -0.4 is 5.32 Å². The van der Waals surface area contributed by atoms with E-state index in [4.69, 9.17) is 0 Å². The Morgan fingerprint density at radius 1 is 1.50 bits per heavy atom. The second-order valence-corrected chi connectivity index (χ2v) is 4.33. The third-order valence-corrected chi connectivity index (χ3v) is 3.25. The Kier molecular flexibility index (Phi) is 3.13. The van der Waals surface area contributed by atoms with Crippen LogP contribution in [0.4, 0.5) is 5.69 Å². The maximum Gasteiger partial charge on any atom is 0.311 e. The second-order valence-electron chi connectivity index (χ2n) is 4.33. The summed E-state index contributed by atoms with van der Waals surface area (Å²) in [6.07, 6.45) is 1.98. The zero-order valence-corrected chi connectivity index (χ0v) is 9.44. The molecule has 0 aliphatic carbocycles.